The Bertz CT molecular complexity index is 880. The number of nitrogens with one attached hydrogen (secondary N) is 1. The van der Waals surface area contributed by atoms with Crippen LogP contribution in [0.2, 0.25) is 0 Å². The highest BCUT2D eigenvalue weighted by molar-refractivity contribution is 5.40. The van der Waals surface area contributed by atoms with Gasteiger partial charge in [0, 0.05) is 18.0 Å². The van der Waals surface area contributed by atoms with Gasteiger partial charge >= 0.3 is 0 Å². The van der Waals surface area contributed by atoms with E-state index in [1.54, 1.807) is 10.7 Å². The number of hydrogen-bond acceptors (Lipinski definition) is 5. The van der Waals surface area contributed by atoms with Gasteiger partial charge in [-0.25, -0.2) is 4.68 Å². The van der Waals surface area contributed by atoms with Crippen LogP contribution >= 0.6 is 0 Å². The van der Waals surface area contributed by atoms with Gasteiger partial charge in [-0.05, 0) is 81.9 Å². The van der Waals surface area contributed by atoms with Crippen molar-refractivity contribution in [2.45, 2.75) is 82.2 Å². The topological polar surface area (TPSA) is 72.7 Å². The van der Waals surface area contributed by atoms with E-state index in [2.05, 4.69) is 26.7 Å². The molecule has 0 amide bonds. The van der Waals surface area contributed by atoms with Crippen LogP contribution in [0.5, 0.6) is 0 Å². The molecule has 0 aliphatic heterocycles. The van der Waals surface area contributed by atoms with Crippen molar-refractivity contribution in [2.24, 2.45) is 0 Å². The van der Waals surface area contributed by atoms with Crippen molar-refractivity contribution in [1.82, 2.24) is 20.0 Å². The molecule has 27 heavy (non-hydrogen) atoms. The van der Waals surface area contributed by atoms with Crippen LogP contribution in [0, 0.1) is 0 Å². The Morgan fingerprint density at radius 1 is 0.963 bits per heavy atom. The molecule has 6 nitrogen and oxygen atoms in total. The lowest BCUT2D eigenvalue weighted by atomic mass is 9.91. The van der Waals surface area contributed by atoms with Crippen LogP contribution in [0.1, 0.15) is 80.3 Å². The normalized spacial score (nSPS) is 25.0. The van der Waals surface area contributed by atoms with Crippen LogP contribution in [-0.4, -0.2) is 26.0 Å². The highest BCUT2D eigenvalue weighted by atomic mass is 16.1. The maximum atomic E-state index is 12.3. The summed E-state index contributed by atoms with van der Waals surface area (Å²) in [5.74, 6) is 1.49. The number of anilines is 1. The fraction of sp³-hybridized carbons (Fsp3) is 0.619. The summed E-state index contributed by atoms with van der Waals surface area (Å²) in [7, 11) is 0. The van der Waals surface area contributed by atoms with E-state index in [0.29, 0.717) is 12.0 Å². The second-order valence-corrected chi connectivity index (χ2v) is 8.37. The molecule has 0 saturated heterocycles. The average molecular weight is 365 g/mol. The summed E-state index contributed by atoms with van der Waals surface area (Å²) in [6, 6.07) is 6.44. The van der Waals surface area contributed by atoms with Gasteiger partial charge in [-0.15, -0.1) is 5.10 Å². The van der Waals surface area contributed by atoms with Gasteiger partial charge in [0.05, 0.1) is 17.4 Å². The van der Waals surface area contributed by atoms with Crippen LogP contribution in [0.25, 0.3) is 0 Å². The van der Waals surface area contributed by atoms with Crippen molar-refractivity contribution in [1.29, 1.82) is 0 Å². The third kappa shape index (κ3) is 3.62. The van der Waals surface area contributed by atoms with Crippen molar-refractivity contribution < 1.29 is 0 Å². The Morgan fingerprint density at radius 3 is 2.59 bits per heavy atom. The Hall–Kier alpha value is -2.24. The van der Waals surface area contributed by atoms with Crippen molar-refractivity contribution in [3.05, 3.63) is 45.5 Å². The van der Waals surface area contributed by atoms with E-state index in [4.69, 9.17) is 0 Å². The monoisotopic (exact) mass is 365 g/mol. The molecule has 0 bridgehead atoms. The van der Waals surface area contributed by atoms with E-state index < -0.39 is 0 Å². The zero-order chi connectivity index (χ0) is 18.2. The highest BCUT2D eigenvalue weighted by Crippen LogP contribution is 2.39. The van der Waals surface area contributed by atoms with Gasteiger partial charge in [-0.2, -0.15) is 10.2 Å². The highest BCUT2D eigenvalue weighted by Gasteiger charge is 2.28. The average Bonchev–Trinajstić information content (AvgIpc) is 3.54. The van der Waals surface area contributed by atoms with E-state index in [1.165, 1.54) is 36.9 Å². The largest absolute Gasteiger partial charge is 0.366 e. The van der Waals surface area contributed by atoms with Gasteiger partial charge in [0.2, 0.25) is 0 Å². The summed E-state index contributed by atoms with van der Waals surface area (Å²) in [5, 5.41) is 17.1. The van der Waals surface area contributed by atoms with E-state index >= 15 is 0 Å². The first kappa shape index (κ1) is 16.9. The molecule has 5 rings (SSSR count). The minimum absolute atomic E-state index is 0.0383. The summed E-state index contributed by atoms with van der Waals surface area (Å²) < 4.78 is 1.75. The summed E-state index contributed by atoms with van der Waals surface area (Å²) >= 11 is 0. The molecule has 3 aliphatic carbocycles. The number of fused-ring (bicyclic) bond motifs is 1. The molecule has 0 unspecified atom stereocenters. The van der Waals surface area contributed by atoms with Crippen LogP contribution in [0.3, 0.4) is 0 Å². The van der Waals surface area contributed by atoms with E-state index in [1.807, 2.05) is 6.07 Å². The number of hydrogen-bond donors (Lipinski definition) is 1. The lowest BCUT2D eigenvalue weighted by Gasteiger charge is -2.30. The maximum absolute atomic E-state index is 12.3. The molecule has 2 heterocycles. The molecular formula is C21H27N5O. The summed E-state index contributed by atoms with van der Waals surface area (Å²) in [4.78, 5) is 12.3. The predicted octanol–water partition coefficient (Wildman–Crippen LogP) is 3.39. The second kappa shape index (κ2) is 7.06. The number of aryl methyl sites for hydroxylation is 2. The summed E-state index contributed by atoms with van der Waals surface area (Å²) in [6.07, 6.45) is 11.1. The Labute approximate surface area is 159 Å². The number of aromatic nitrogens is 4. The first-order valence-electron chi connectivity index (χ1n) is 10.5. The molecule has 3 aliphatic rings. The standard InChI is InChI=1S/C21H27N5O/c27-21-12-11-19(14-5-6-14)25-26(21)17-9-7-16(8-10-17)22-20-13-15-3-1-2-4-18(15)23-24-20/h11-14,16-17H,1-10H2,(H,22,24). The quantitative estimate of drug-likeness (QED) is 0.899. The molecule has 2 saturated carbocycles. The Morgan fingerprint density at radius 2 is 1.78 bits per heavy atom. The lowest BCUT2D eigenvalue weighted by Crippen LogP contribution is -2.33. The van der Waals surface area contributed by atoms with Crippen molar-refractivity contribution in [2.75, 3.05) is 5.32 Å². The summed E-state index contributed by atoms with van der Waals surface area (Å²) in [5.41, 5.74) is 3.67. The minimum atomic E-state index is 0.0383. The van der Waals surface area contributed by atoms with Gasteiger partial charge < -0.3 is 5.32 Å². The zero-order valence-electron chi connectivity index (χ0n) is 15.7. The fourth-order valence-electron chi connectivity index (χ4n) is 4.53. The van der Waals surface area contributed by atoms with Gasteiger partial charge in [0.25, 0.3) is 5.56 Å². The van der Waals surface area contributed by atoms with Crippen LogP contribution in [0.4, 0.5) is 5.82 Å². The van der Waals surface area contributed by atoms with Crippen LogP contribution in [0.15, 0.2) is 23.0 Å². The van der Waals surface area contributed by atoms with E-state index in [9.17, 15) is 4.79 Å². The molecule has 2 aromatic rings. The molecule has 142 valence electrons. The SMILES string of the molecule is O=c1ccc(C2CC2)nn1C1CCC(Nc2cc3c(nn2)CCCC3)CC1. The predicted molar refractivity (Wildman–Crippen MR) is 104 cm³/mol. The Kier molecular flexibility index (Phi) is 4.42. The van der Waals surface area contributed by atoms with Gasteiger partial charge in [0.1, 0.15) is 5.82 Å². The molecule has 0 atom stereocenters. The smallest absolute Gasteiger partial charge is 0.267 e. The minimum Gasteiger partial charge on any atom is -0.366 e. The van der Waals surface area contributed by atoms with Crippen LogP contribution < -0.4 is 10.9 Å². The zero-order valence-corrected chi connectivity index (χ0v) is 15.7. The number of nitrogens with zero attached hydrogens (tertiary/aromatic N) is 4. The molecular weight excluding hydrogens is 338 g/mol. The third-order valence-electron chi connectivity index (χ3n) is 6.31. The Balaban J connectivity index is 1.23. The number of rotatable bonds is 4. The molecule has 0 radical (unpaired) electrons. The van der Waals surface area contributed by atoms with Gasteiger partial charge in [0.15, 0.2) is 0 Å². The lowest BCUT2D eigenvalue weighted by molar-refractivity contribution is 0.301. The first-order chi connectivity index (χ1) is 13.3. The molecule has 0 aromatic carbocycles. The van der Waals surface area contributed by atoms with E-state index in [-0.39, 0.29) is 11.6 Å². The maximum Gasteiger partial charge on any atom is 0.267 e. The van der Waals surface area contributed by atoms with Crippen molar-refractivity contribution >= 4 is 5.82 Å². The first-order valence-corrected chi connectivity index (χ1v) is 10.5. The third-order valence-corrected chi connectivity index (χ3v) is 6.31. The molecule has 6 heteroatoms. The molecule has 0 spiro atoms. The van der Waals surface area contributed by atoms with Gasteiger partial charge in [-0.3, -0.25) is 4.79 Å². The molecule has 2 aromatic heterocycles. The van der Waals surface area contributed by atoms with Gasteiger partial charge in [-0.1, -0.05) is 0 Å². The van der Waals surface area contributed by atoms with Crippen molar-refractivity contribution in [3.8, 4) is 0 Å². The summed E-state index contributed by atoms with van der Waals surface area (Å²) in [6.45, 7) is 0. The van der Waals surface area contributed by atoms with Crippen molar-refractivity contribution in [3.63, 3.8) is 0 Å². The molecule has 1 N–H and O–H groups in total. The molecule has 2 fully saturated rings. The second-order valence-electron chi connectivity index (χ2n) is 8.37. The van der Waals surface area contributed by atoms with E-state index in [0.717, 1.165) is 50.0 Å². The fourth-order valence-corrected chi connectivity index (χ4v) is 4.53. The van der Waals surface area contributed by atoms with Crippen LogP contribution in [-0.2, 0) is 12.8 Å².